The number of aromatic nitrogens is 2. The molecule has 0 spiro atoms. The van der Waals surface area contributed by atoms with Gasteiger partial charge in [-0.15, -0.1) is 0 Å². The summed E-state index contributed by atoms with van der Waals surface area (Å²) in [4.78, 5) is 25.9. The molecule has 2 aromatic rings. The molecule has 1 heterocycles. The van der Waals surface area contributed by atoms with Gasteiger partial charge in [0.1, 0.15) is 5.02 Å². The summed E-state index contributed by atoms with van der Waals surface area (Å²) in [6.07, 6.45) is 0. The van der Waals surface area contributed by atoms with E-state index in [1.807, 2.05) is 38.1 Å². The van der Waals surface area contributed by atoms with Crippen molar-refractivity contribution in [2.24, 2.45) is 10.8 Å². The number of amides is 1. The van der Waals surface area contributed by atoms with Crippen molar-refractivity contribution in [3.63, 3.8) is 0 Å². The van der Waals surface area contributed by atoms with Crippen LogP contribution >= 0.6 is 11.6 Å². The zero-order valence-electron chi connectivity index (χ0n) is 21.7. The van der Waals surface area contributed by atoms with Crippen molar-refractivity contribution in [2.45, 2.75) is 48.5 Å². The van der Waals surface area contributed by atoms with Crippen molar-refractivity contribution in [3.8, 4) is 0 Å². The van der Waals surface area contributed by atoms with Crippen LogP contribution in [0.25, 0.3) is 0 Å². The number of hydrogen-bond donors (Lipinski definition) is 2. The van der Waals surface area contributed by atoms with Gasteiger partial charge in [0, 0.05) is 45.5 Å². The van der Waals surface area contributed by atoms with Crippen molar-refractivity contribution in [1.29, 1.82) is 0 Å². The number of nitrogens with one attached hydrogen (secondary N) is 2. The largest absolute Gasteiger partial charge is 0.358 e. The van der Waals surface area contributed by atoms with E-state index >= 15 is 0 Å². The molecule has 7 nitrogen and oxygen atoms in total. The third-order valence-corrected chi connectivity index (χ3v) is 5.28. The molecule has 0 unspecified atom stereocenters. The van der Waals surface area contributed by atoms with E-state index in [0.717, 1.165) is 24.3 Å². The molecule has 2 rings (SSSR count). The van der Waals surface area contributed by atoms with E-state index in [2.05, 4.69) is 57.1 Å². The van der Waals surface area contributed by atoms with E-state index in [0.29, 0.717) is 28.2 Å². The number of hydrogen-bond acceptors (Lipinski definition) is 6. The lowest BCUT2D eigenvalue weighted by Crippen LogP contribution is -2.33. The second-order valence-electron chi connectivity index (χ2n) is 11.1. The van der Waals surface area contributed by atoms with Crippen LogP contribution < -0.4 is 20.4 Å². The fourth-order valence-corrected chi connectivity index (χ4v) is 3.94. The summed E-state index contributed by atoms with van der Waals surface area (Å²) >= 11 is 6.85. The summed E-state index contributed by atoms with van der Waals surface area (Å²) in [6.45, 7) is 16.6. The van der Waals surface area contributed by atoms with Gasteiger partial charge in [-0.1, -0.05) is 59.2 Å². The molecule has 1 aromatic heterocycles. The molecule has 0 atom stereocenters. The topological polar surface area (TPSA) is 73.4 Å². The highest BCUT2D eigenvalue weighted by Gasteiger charge is 2.23. The number of aryl methyl sites for hydroxylation is 1. The fraction of sp³-hybridized carbons (Fsp3) is 0.560. The molecule has 33 heavy (non-hydrogen) atoms. The number of nitrogens with zero attached hydrogens (tertiary/aromatic N) is 4. The summed E-state index contributed by atoms with van der Waals surface area (Å²) in [7, 11) is 5.60. The molecule has 0 aliphatic rings. The molecule has 0 aliphatic heterocycles. The van der Waals surface area contributed by atoms with Crippen LogP contribution in [0.3, 0.4) is 0 Å². The number of carbonyl (C=O) groups is 1. The lowest BCUT2D eigenvalue weighted by atomic mass is 9.96. The van der Waals surface area contributed by atoms with Crippen LogP contribution in [0.2, 0.25) is 5.02 Å². The van der Waals surface area contributed by atoms with E-state index in [1.54, 1.807) is 13.1 Å². The highest BCUT2D eigenvalue weighted by Crippen LogP contribution is 2.35. The van der Waals surface area contributed by atoms with Gasteiger partial charge in [-0.05, 0) is 35.4 Å². The van der Waals surface area contributed by atoms with Crippen molar-refractivity contribution in [2.75, 3.05) is 49.3 Å². The average molecular weight is 475 g/mol. The SMILES string of the molecule is CNC(=O)c1ccc(C)c(Nc2nc(N(C)CC(C)(C)C)nc(N(C)CC(C)(C)C)c2Cl)c1. The zero-order chi connectivity index (χ0) is 25.1. The molecular weight excluding hydrogens is 436 g/mol. The molecule has 2 N–H and O–H groups in total. The minimum absolute atomic E-state index is 0.0620. The molecular formula is C25H39ClN6O. The molecule has 1 amide bonds. The molecule has 0 saturated heterocycles. The van der Waals surface area contributed by atoms with Crippen molar-refractivity contribution in [1.82, 2.24) is 15.3 Å². The highest BCUT2D eigenvalue weighted by atomic mass is 35.5. The lowest BCUT2D eigenvalue weighted by Gasteiger charge is -2.31. The summed E-state index contributed by atoms with van der Waals surface area (Å²) < 4.78 is 0. The average Bonchev–Trinajstić information content (AvgIpc) is 2.67. The predicted octanol–water partition coefficient (Wildman–Crippen LogP) is 5.51. The minimum atomic E-state index is -0.150. The van der Waals surface area contributed by atoms with Crippen molar-refractivity contribution in [3.05, 3.63) is 34.3 Å². The van der Waals surface area contributed by atoms with Gasteiger partial charge in [-0.2, -0.15) is 9.97 Å². The quantitative estimate of drug-likeness (QED) is 0.551. The van der Waals surface area contributed by atoms with E-state index in [9.17, 15) is 4.79 Å². The molecule has 0 fully saturated rings. The van der Waals surface area contributed by atoms with Crippen LogP contribution in [0, 0.1) is 17.8 Å². The summed E-state index contributed by atoms with van der Waals surface area (Å²) in [5.41, 5.74) is 2.44. The normalized spacial score (nSPS) is 11.8. The smallest absolute Gasteiger partial charge is 0.251 e. The number of rotatable bonds is 7. The monoisotopic (exact) mass is 474 g/mol. The van der Waals surface area contributed by atoms with Crippen LogP contribution in [0.15, 0.2) is 18.2 Å². The van der Waals surface area contributed by atoms with E-state index in [4.69, 9.17) is 21.6 Å². The number of benzene rings is 1. The van der Waals surface area contributed by atoms with Gasteiger partial charge < -0.3 is 20.4 Å². The first kappa shape index (κ1) is 26.7. The van der Waals surface area contributed by atoms with Gasteiger partial charge in [-0.25, -0.2) is 0 Å². The third-order valence-electron chi connectivity index (χ3n) is 4.93. The summed E-state index contributed by atoms with van der Waals surface area (Å²) in [6, 6.07) is 5.51. The zero-order valence-corrected chi connectivity index (χ0v) is 22.5. The second kappa shape index (κ2) is 10.2. The van der Waals surface area contributed by atoms with Gasteiger partial charge >= 0.3 is 0 Å². The van der Waals surface area contributed by atoms with Crippen LogP contribution in [-0.4, -0.2) is 50.1 Å². The third kappa shape index (κ3) is 7.49. The highest BCUT2D eigenvalue weighted by molar-refractivity contribution is 6.35. The molecule has 0 bridgehead atoms. The first-order chi connectivity index (χ1) is 15.1. The Hall–Kier alpha value is -2.54. The van der Waals surface area contributed by atoms with Gasteiger partial charge in [-0.3, -0.25) is 4.79 Å². The molecule has 182 valence electrons. The van der Waals surface area contributed by atoms with Gasteiger partial charge in [0.05, 0.1) is 0 Å². The van der Waals surface area contributed by atoms with Crippen LogP contribution in [0.5, 0.6) is 0 Å². The van der Waals surface area contributed by atoms with Crippen LogP contribution in [0.1, 0.15) is 57.5 Å². The maximum atomic E-state index is 12.1. The fourth-order valence-electron chi connectivity index (χ4n) is 3.67. The Labute approximate surface area is 203 Å². The summed E-state index contributed by atoms with van der Waals surface area (Å²) in [5, 5.41) is 6.47. The van der Waals surface area contributed by atoms with E-state index in [-0.39, 0.29) is 16.7 Å². The molecule has 0 radical (unpaired) electrons. The van der Waals surface area contributed by atoms with Crippen LogP contribution in [0.4, 0.5) is 23.3 Å². The Morgan fingerprint density at radius 2 is 1.58 bits per heavy atom. The van der Waals surface area contributed by atoms with Gasteiger partial charge in [0.25, 0.3) is 5.91 Å². The van der Waals surface area contributed by atoms with Gasteiger partial charge in [0.2, 0.25) is 5.95 Å². The number of halogens is 1. The predicted molar refractivity (Wildman–Crippen MR) is 140 cm³/mol. The standard InChI is InChI=1S/C25H39ClN6O/c1-16-11-12-17(22(33)27-8)13-18(16)28-20-19(26)21(31(9)14-24(2,3)4)30-23(29-20)32(10)15-25(5,6)7/h11-13H,14-15H2,1-10H3,(H,27,33)(H,28,29,30). The van der Waals surface area contributed by atoms with E-state index in [1.165, 1.54) is 0 Å². The Kier molecular flexibility index (Phi) is 8.22. The molecule has 0 aliphatic carbocycles. The van der Waals surface area contributed by atoms with Crippen molar-refractivity contribution >= 4 is 40.8 Å². The Morgan fingerprint density at radius 3 is 2.12 bits per heavy atom. The first-order valence-electron chi connectivity index (χ1n) is 11.2. The molecule has 1 aromatic carbocycles. The van der Waals surface area contributed by atoms with Gasteiger partial charge in [0.15, 0.2) is 11.6 Å². The molecule has 8 heteroatoms. The first-order valence-corrected chi connectivity index (χ1v) is 11.6. The van der Waals surface area contributed by atoms with Crippen molar-refractivity contribution < 1.29 is 4.79 Å². The second-order valence-corrected chi connectivity index (χ2v) is 11.5. The van der Waals surface area contributed by atoms with Crippen LogP contribution in [-0.2, 0) is 0 Å². The number of carbonyl (C=O) groups excluding carboxylic acids is 1. The Morgan fingerprint density at radius 1 is 1.00 bits per heavy atom. The summed E-state index contributed by atoms with van der Waals surface area (Å²) in [5.74, 6) is 1.62. The number of anilines is 4. The maximum Gasteiger partial charge on any atom is 0.251 e. The lowest BCUT2D eigenvalue weighted by molar-refractivity contribution is 0.0963. The Balaban J connectivity index is 2.57. The maximum absolute atomic E-state index is 12.1. The molecule has 0 saturated carbocycles. The Bertz CT molecular complexity index is 994. The van der Waals surface area contributed by atoms with E-state index < -0.39 is 0 Å². The minimum Gasteiger partial charge on any atom is -0.358 e.